The van der Waals surface area contributed by atoms with Crippen molar-refractivity contribution >= 4 is 29.2 Å². The van der Waals surface area contributed by atoms with Gasteiger partial charge in [0.05, 0.1) is 12.1 Å². The number of nitrogens with one attached hydrogen (secondary N) is 1. The van der Waals surface area contributed by atoms with Gasteiger partial charge in [0.2, 0.25) is 5.91 Å². The molecule has 0 radical (unpaired) electrons. The molecule has 1 heterocycles. The highest BCUT2D eigenvalue weighted by molar-refractivity contribution is 6.22. The lowest BCUT2D eigenvalue weighted by molar-refractivity contribution is -0.124. The van der Waals surface area contributed by atoms with Crippen molar-refractivity contribution in [3.8, 4) is 0 Å². The molecule has 144 valence electrons. The molecule has 2 aromatic carbocycles. The summed E-state index contributed by atoms with van der Waals surface area (Å²) < 4.78 is 13.0. The Hall–Kier alpha value is -3.48. The van der Waals surface area contributed by atoms with Crippen LogP contribution >= 0.6 is 0 Å². The van der Waals surface area contributed by atoms with Crippen LogP contribution in [-0.4, -0.2) is 35.3 Å². The molecule has 1 aliphatic heterocycles. The summed E-state index contributed by atoms with van der Waals surface area (Å²) in [5.41, 5.74) is 1.87. The number of hydrogen-bond acceptors (Lipinski definition) is 3. The number of halogens is 1. The first kappa shape index (κ1) is 19.3. The Morgan fingerprint density at radius 3 is 2.39 bits per heavy atom. The van der Waals surface area contributed by atoms with Crippen molar-refractivity contribution in [2.45, 2.75) is 19.4 Å². The number of nitrogens with zero attached hydrogens (tertiary/aromatic N) is 2. The Morgan fingerprint density at radius 2 is 1.79 bits per heavy atom. The van der Waals surface area contributed by atoms with Gasteiger partial charge in [-0.1, -0.05) is 23.8 Å². The van der Waals surface area contributed by atoms with Crippen LogP contribution in [0, 0.1) is 12.7 Å². The second-order valence-electron chi connectivity index (χ2n) is 6.51. The molecule has 6 nitrogen and oxygen atoms in total. The van der Waals surface area contributed by atoms with E-state index in [1.54, 1.807) is 12.1 Å². The van der Waals surface area contributed by atoms with Crippen LogP contribution in [0.5, 0.6) is 0 Å². The van der Waals surface area contributed by atoms with E-state index in [4.69, 9.17) is 0 Å². The average Bonchev–Trinajstić information content (AvgIpc) is 2.89. The van der Waals surface area contributed by atoms with E-state index in [0.29, 0.717) is 11.4 Å². The van der Waals surface area contributed by atoms with E-state index in [9.17, 15) is 18.8 Å². The molecule has 1 saturated heterocycles. The van der Waals surface area contributed by atoms with Crippen LogP contribution in [0.25, 0.3) is 0 Å². The van der Waals surface area contributed by atoms with E-state index in [1.807, 2.05) is 19.1 Å². The van der Waals surface area contributed by atoms with Crippen LogP contribution in [0.4, 0.5) is 20.6 Å². The maximum Gasteiger partial charge on any atom is 0.332 e. The molecular weight excluding hydrogens is 361 g/mol. The maximum atomic E-state index is 13.0. The highest BCUT2D eigenvalue weighted by Gasteiger charge is 2.46. The van der Waals surface area contributed by atoms with Gasteiger partial charge in [-0.15, -0.1) is 6.58 Å². The molecule has 28 heavy (non-hydrogen) atoms. The summed E-state index contributed by atoms with van der Waals surface area (Å²) >= 11 is 0. The zero-order valence-electron chi connectivity index (χ0n) is 15.4. The fourth-order valence-corrected chi connectivity index (χ4v) is 3.03. The van der Waals surface area contributed by atoms with E-state index in [2.05, 4.69) is 11.9 Å². The standard InChI is InChI=1S/C21H20FN3O3/c1-3-12-24-18(13-19(26)23-16-8-6-15(22)7-9-16)20(27)25(21(24)28)17-10-4-14(2)5-11-17/h3-11,18H,1,12-13H2,2H3,(H,23,26)/t18-/m0/s1. The van der Waals surface area contributed by atoms with E-state index < -0.39 is 29.7 Å². The van der Waals surface area contributed by atoms with Crippen molar-refractivity contribution in [1.29, 1.82) is 0 Å². The highest BCUT2D eigenvalue weighted by Crippen LogP contribution is 2.27. The van der Waals surface area contributed by atoms with Crippen molar-refractivity contribution in [2.24, 2.45) is 0 Å². The largest absolute Gasteiger partial charge is 0.332 e. The fraction of sp³-hybridized carbons (Fsp3) is 0.190. The summed E-state index contributed by atoms with van der Waals surface area (Å²) in [7, 11) is 0. The number of aryl methyl sites for hydroxylation is 1. The summed E-state index contributed by atoms with van der Waals surface area (Å²) in [4.78, 5) is 40.5. The summed E-state index contributed by atoms with van der Waals surface area (Å²) in [6.07, 6.45) is 1.30. The normalized spacial score (nSPS) is 16.4. The van der Waals surface area contributed by atoms with Crippen molar-refractivity contribution in [2.75, 3.05) is 16.8 Å². The van der Waals surface area contributed by atoms with Gasteiger partial charge >= 0.3 is 6.03 Å². The van der Waals surface area contributed by atoms with Crippen molar-refractivity contribution < 1.29 is 18.8 Å². The molecule has 1 fully saturated rings. The Bertz CT molecular complexity index is 909. The number of hydrogen-bond donors (Lipinski definition) is 1. The predicted molar refractivity (Wildman–Crippen MR) is 104 cm³/mol. The molecular formula is C21H20FN3O3. The third-order valence-corrected chi connectivity index (χ3v) is 4.44. The monoisotopic (exact) mass is 381 g/mol. The molecule has 0 bridgehead atoms. The fourth-order valence-electron chi connectivity index (χ4n) is 3.03. The molecule has 2 aromatic rings. The Labute approximate surface area is 162 Å². The van der Waals surface area contributed by atoms with Gasteiger partial charge in [0, 0.05) is 12.2 Å². The molecule has 3 rings (SSSR count). The molecule has 0 spiro atoms. The van der Waals surface area contributed by atoms with Crippen LogP contribution in [0.1, 0.15) is 12.0 Å². The van der Waals surface area contributed by atoms with Gasteiger partial charge in [0.15, 0.2) is 0 Å². The lowest BCUT2D eigenvalue weighted by Crippen LogP contribution is -2.38. The first-order valence-corrected chi connectivity index (χ1v) is 8.78. The number of imide groups is 1. The highest BCUT2D eigenvalue weighted by atomic mass is 19.1. The maximum absolute atomic E-state index is 13.0. The summed E-state index contributed by atoms with van der Waals surface area (Å²) in [6.45, 7) is 5.67. The first-order chi connectivity index (χ1) is 13.4. The smallest absolute Gasteiger partial charge is 0.326 e. The third-order valence-electron chi connectivity index (χ3n) is 4.44. The topological polar surface area (TPSA) is 69.7 Å². The number of amides is 4. The lowest BCUT2D eigenvalue weighted by atomic mass is 10.1. The number of anilines is 2. The molecule has 0 unspecified atom stereocenters. The molecule has 0 aliphatic carbocycles. The minimum Gasteiger partial charge on any atom is -0.326 e. The second-order valence-corrected chi connectivity index (χ2v) is 6.51. The first-order valence-electron chi connectivity index (χ1n) is 8.78. The molecule has 0 aromatic heterocycles. The van der Waals surface area contributed by atoms with Gasteiger partial charge in [-0.2, -0.15) is 0 Å². The van der Waals surface area contributed by atoms with Gasteiger partial charge in [0.25, 0.3) is 5.91 Å². The minimum atomic E-state index is -0.938. The Kier molecular flexibility index (Phi) is 5.54. The van der Waals surface area contributed by atoms with Gasteiger partial charge in [-0.3, -0.25) is 9.59 Å². The second kappa shape index (κ2) is 8.04. The van der Waals surface area contributed by atoms with Crippen LogP contribution in [0.15, 0.2) is 61.2 Å². The van der Waals surface area contributed by atoms with E-state index in [1.165, 1.54) is 35.2 Å². The molecule has 1 atom stereocenters. The van der Waals surface area contributed by atoms with Crippen LogP contribution in [0.3, 0.4) is 0 Å². The Balaban J connectivity index is 1.79. The van der Waals surface area contributed by atoms with E-state index in [-0.39, 0.29) is 13.0 Å². The number of carbonyl (C=O) groups is 3. The average molecular weight is 381 g/mol. The van der Waals surface area contributed by atoms with Crippen LogP contribution < -0.4 is 10.2 Å². The van der Waals surface area contributed by atoms with Crippen molar-refractivity contribution in [3.05, 3.63) is 72.6 Å². The van der Waals surface area contributed by atoms with E-state index in [0.717, 1.165) is 10.5 Å². The number of urea groups is 1. The van der Waals surface area contributed by atoms with Crippen LogP contribution in [-0.2, 0) is 9.59 Å². The van der Waals surface area contributed by atoms with Gasteiger partial charge < -0.3 is 10.2 Å². The predicted octanol–water partition coefficient (Wildman–Crippen LogP) is 3.49. The number of benzene rings is 2. The van der Waals surface area contributed by atoms with E-state index >= 15 is 0 Å². The number of carbonyl (C=O) groups excluding carboxylic acids is 3. The summed E-state index contributed by atoms with van der Waals surface area (Å²) in [5.74, 6) is -1.33. The SMILES string of the molecule is C=CCN1C(=O)N(c2ccc(C)cc2)C(=O)[C@@H]1CC(=O)Nc1ccc(F)cc1. The molecule has 1 aliphatic rings. The zero-order valence-corrected chi connectivity index (χ0v) is 15.4. The molecule has 0 saturated carbocycles. The summed E-state index contributed by atoms with van der Waals surface area (Å²) in [6, 6.07) is 10.9. The van der Waals surface area contributed by atoms with Crippen molar-refractivity contribution in [3.63, 3.8) is 0 Å². The minimum absolute atomic E-state index is 0.140. The van der Waals surface area contributed by atoms with Gasteiger partial charge in [-0.25, -0.2) is 14.1 Å². The van der Waals surface area contributed by atoms with Gasteiger partial charge in [0.1, 0.15) is 11.9 Å². The molecule has 1 N–H and O–H groups in total. The molecule has 7 heteroatoms. The number of rotatable bonds is 6. The van der Waals surface area contributed by atoms with Crippen LogP contribution in [0.2, 0.25) is 0 Å². The van der Waals surface area contributed by atoms with Gasteiger partial charge in [-0.05, 0) is 43.3 Å². The summed E-state index contributed by atoms with van der Waals surface area (Å²) in [5, 5.41) is 2.62. The third kappa shape index (κ3) is 3.93. The quantitative estimate of drug-likeness (QED) is 0.615. The lowest BCUT2D eigenvalue weighted by Gasteiger charge is -2.19. The molecule has 4 amide bonds. The zero-order chi connectivity index (χ0) is 20.3. The Morgan fingerprint density at radius 1 is 1.14 bits per heavy atom. The van der Waals surface area contributed by atoms with Crippen molar-refractivity contribution in [1.82, 2.24) is 4.90 Å².